The Hall–Kier alpha value is -0.340. The van der Waals surface area contributed by atoms with Crippen molar-refractivity contribution in [2.24, 2.45) is 40.4 Å². The SMILES string of the molecule is CC1CC2=CC(=O)CC[C@@H]2[C@H]2CC[C@]3(C)C(O)(CCl)CC4CC43[C@H]12. The topological polar surface area (TPSA) is 37.3 Å². The lowest BCUT2D eigenvalue weighted by molar-refractivity contribution is -0.143. The quantitative estimate of drug-likeness (QED) is 0.715. The molecule has 1 N–H and O–H groups in total. The largest absolute Gasteiger partial charge is 0.388 e. The maximum absolute atomic E-state index is 11.9. The molecule has 5 aliphatic carbocycles. The molecule has 0 amide bonds. The van der Waals surface area contributed by atoms with Crippen molar-refractivity contribution in [3.63, 3.8) is 0 Å². The van der Waals surface area contributed by atoms with Crippen molar-refractivity contribution in [2.75, 3.05) is 5.88 Å². The summed E-state index contributed by atoms with van der Waals surface area (Å²) in [5.41, 5.74) is 1.10. The van der Waals surface area contributed by atoms with Gasteiger partial charge in [-0.15, -0.1) is 11.6 Å². The number of halogens is 1. The number of fused-ring (bicyclic) bond motifs is 3. The number of carbonyl (C=O) groups is 1. The van der Waals surface area contributed by atoms with E-state index >= 15 is 0 Å². The number of allylic oxidation sites excluding steroid dienone is 1. The van der Waals surface area contributed by atoms with Gasteiger partial charge in [0.1, 0.15) is 0 Å². The molecule has 5 aliphatic rings. The fourth-order valence-corrected chi connectivity index (χ4v) is 8.66. The van der Waals surface area contributed by atoms with Gasteiger partial charge in [-0.05, 0) is 79.6 Å². The van der Waals surface area contributed by atoms with Crippen LogP contribution in [0, 0.1) is 40.4 Å². The highest BCUT2D eigenvalue weighted by Crippen LogP contribution is 2.84. The Bertz CT molecular complexity index is 642. The van der Waals surface area contributed by atoms with Gasteiger partial charge in [0.05, 0.1) is 11.5 Å². The molecule has 4 fully saturated rings. The van der Waals surface area contributed by atoms with Crippen molar-refractivity contribution in [1.82, 2.24) is 0 Å². The Balaban J connectivity index is 1.57. The molecule has 0 aromatic carbocycles. The van der Waals surface area contributed by atoms with E-state index in [4.69, 9.17) is 11.6 Å². The van der Waals surface area contributed by atoms with Gasteiger partial charge in [-0.1, -0.05) is 19.4 Å². The molecule has 1 spiro atoms. The third-order valence-electron chi connectivity index (χ3n) is 9.26. The van der Waals surface area contributed by atoms with E-state index in [1.165, 1.54) is 18.4 Å². The summed E-state index contributed by atoms with van der Waals surface area (Å²) in [4.78, 5) is 11.9. The van der Waals surface area contributed by atoms with E-state index in [2.05, 4.69) is 13.8 Å². The van der Waals surface area contributed by atoms with E-state index in [0.717, 1.165) is 38.0 Å². The van der Waals surface area contributed by atoms with Gasteiger partial charge in [0.15, 0.2) is 5.78 Å². The molecule has 0 bridgehead atoms. The molecule has 0 aliphatic heterocycles. The van der Waals surface area contributed by atoms with Crippen LogP contribution >= 0.6 is 11.6 Å². The minimum atomic E-state index is -0.666. The van der Waals surface area contributed by atoms with Gasteiger partial charge in [-0.3, -0.25) is 4.79 Å². The Kier molecular flexibility index (Phi) is 3.10. The van der Waals surface area contributed by atoms with Crippen LogP contribution in [0.4, 0.5) is 0 Å². The predicted octanol–water partition coefficient (Wildman–Crippen LogP) is 4.34. The van der Waals surface area contributed by atoms with Crippen LogP contribution in [0.1, 0.15) is 58.8 Å². The Morgan fingerprint density at radius 1 is 1.33 bits per heavy atom. The van der Waals surface area contributed by atoms with Crippen LogP contribution in [0.25, 0.3) is 0 Å². The van der Waals surface area contributed by atoms with Crippen molar-refractivity contribution in [1.29, 1.82) is 0 Å². The molecule has 0 saturated heterocycles. The van der Waals surface area contributed by atoms with Crippen molar-refractivity contribution >= 4 is 17.4 Å². The van der Waals surface area contributed by atoms with Crippen LogP contribution in [0.2, 0.25) is 0 Å². The number of rotatable bonds is 1. The molecule has 5 rings (SSSR count). The summed E-state index contributed by atoms with van der Waals surface area (Å²) in [5, 5.41) is 11.3. The third kappa shape index (κ3) is 1.62. The van der Waals surface area contributed by atoms with Crippen molar-refractivity contribution in [3.05, 3.63) is 11.6 Å². The number of alkyl halides is 1. The summed E-state index contributed by atoms with van der Waals surface area (Å²) < 4.78 is 0. The number of aliphatic hydroxyl groups is 1. The molecule has 4 saturated carbocycles. The highest BCUT2D eigenvalue weighted by molar-refractivity contribution is 6.18. The van der Waals surface area contributed by atoms with Gasteiger partial charge in [0.25, 0.3) is 0 Å². The van der Waals surface area contributed by atoms with E-state index in [1.54, 1.807) is 0 Å². The molecule has 3 heteroatoms. The van der Waals surface area contributed by atoms with E-state index in [1.807, 2.05) is 6.08 Å². The summed E-state index contributed by atoms with van der Waals surface area (Å²) in [7, 11) is 0. The molecule has 2 nitrogen and oxygen atoms in total. The lowest BCUT2D eigenvalue weighted by Crippen LogP contribution is -2.58. The van der Waals surface area contributed by atoms with Gasteiger partial charge in [-0.25, -0.2) is 0 Å². The highest BCUT2D eigenvalue weighted by Gasteiger charge is 2.81. The van der Waals surface area contributed by atoms with Crippen LogP contribution in [-0.4, -0.2) is 22.4 Å². The number of hydrogen-bond donors (Lipinski definition) is 1. The fourth-order valence-electron chi connectivity index (χ4n) is 8.25. The molecule has 0 radical (unpaired) electrons. The lowest BCUT2D eigenvalue weighted by Gasteiger charge is -2.59. The second kappa shape index (κ2) is 4.68. The van der Waals surface area contributed by atoms with Crippen LogP contribution in [0.5, 0.6) is 0 Å². The molecule has 8 atom stereocenters. The second-order valence-corrected chi connectivity index (χ2v) is 10.2. The molecule has 132 valence electrons. The summed E-state index contributed by atoms with van der Waals surface area (Å²) in [5.74, 6) is 4.11. The maximum Gasteiger partial charge on any atom is 0.155 e. The minimum Gasteiger partial charge on any atom is -0.388 e. The summed E-state index contributed by atoms with van der Waals surface area (Å²) in [6.07, 6.45) is 9.42. The van der Waals surface area contributed by atoms with Gasteiger partial charge in [0.2, 0.25) is 0 Å². The average Bonchev–Trinajstić information content (AvgIpc) is 3.19. The van der Waals surface area contributed by atoms with Crippen LogP contribution in [0.3, 0.4) is 0 Å². The van der Waals surface area contributed by atoms with Gasteiger partial charge in [0, 0.05) is 11.8 Å². The van der Waals surface area contributed by atoms with Crippen LogP contribution in [0.15, 0.2) is 11.6 Å². The maximum atomic E-state index is 11.9. The van der Waals surface area contributed by atoms with E-state index in [-0.39, 0.29) is 5.41 Å². The van der Waals surface area contributed by atoms with Crippen molar-refractivity contribution in [3.8, 4) is 0 Å². The first-order chi connectivity index (χ1) is 11.4. The molecular formula is C21H29ClO2. The third-order valence-corrected chi connectivity index (χ3v) is 9.70. The zero-order chi connectivity index (χ0) is 16.9. The number of ketones is 1. The smallest absolute Gasteiger partial charge is 0.155 e. The van der Waals surface area contributed by atoms with Crippen molar-refractivity contribution < 1.29 is 9.90 Å². The van der Waals surface area contributed by atoms with E-state index < -0.39 is 5.60 Å². The standard InChI is InChI=1S/C21H29ClO2/c1-12-7-13-8-15(23)3-4-16(13)17-5-6-19(2)20(24,11-22)9-14-10-21(14,19)18(12)17/h8,12,14,16-18,24H,3-7,9-11H2,1-2H3/t12?,14?,16-,17+,18+,19+,20?,21?/m0/s1. The summed E-state index contributed by atoms with van der Waals surface area (Å²) in [6, 6.07) is 0. The molecular weight excluding hydrogens is 320 g/mol. The number of carbonyl (C=O) groups excluding carboxylic acids is 1. The fraction of sp³-hybridized carbons (Fsp3) is 0.857. The van der Waals surface area contributed by atoms with E-state index in [9.17, 15) is 9.90 Å². The first kappa shape index (κ1) is 15.9. The molecule has 0 heterocycles. The molecule has 0 aromatic heterocycles. The van der Waals surface area contributed by atoms with Crippen LogP contribution < -0.4 is 0 Å². The first-order valence-corrected chi connectivity index (χ1v) is 10.4. The zero-order valence-electron chi connectivity index (χ0n) is 14.9. The Morgan fingerprint density at radius 3 is 2.88 bits per heavy atom. The van der Waals surface area contributed by atoms with Crippen LogP contribution in [-0.2, 0) is 4.79 Å². The average molecular weight is 349 g/mol. The normalized spacial score (nSPS) is 58.2. The monoisotopic (exact) mass is 348 g/mol. The van der Waals surface area contributed by atoms with Gasteiger partial charge in [-0.2, -0.15) is 0 Å². The first-order valence-electron chi connectivity index (χ1n) is 9.88. The molecule has 0 aromatic rings. The Morgan fingerprint density at radius 2 is 2.12 bits per heavy atom. The summed E-state index contributed by atoms with van der Waals surface area (Å²) >= 11 is 6.28. The second-order valence-electron chi connectivity index (χ2n) is 9.88. The predicted molar refractivity (Wildman–Crippen MR) is 94.7 cm³/mol. The zero-order valence-corrected chi connectivity index (χ0v) is 15.6. The van der Waals surface area contributed by atoms with Gasteiger partial charge < -0.3 is 5.11 Å². The molecule has 4 unspecified atom stereocenters. The molecule has 24 heavy (non-hydrogen) atoms. The van der Waals surface area contributed by atoms with Gasteiger partial charge >= 0.3 is 0 Å². The van der Waals surface area contributed by atoms with E-state index in [0.29, 0.717) is 40.7 Å². The minimum absolute atomic E-state index is 0.00640. The number of hydrogen-bond acceptors (Lipinski definition) is 2. The van der Waals surface area contributed by atoms with Crippen molar-refractivity contribution in [2.45, 2.75) is 64.4 Å². The summed E-state index contributed by atoms with van der Waals surface area (Å²) in [6.45, 7) is 4.75. The lowest BCUT2D eigenvalue weighted by atomic mass is 9.46. The highest BCUT2D eigenvalue weighted by atomic mass is 35.5. The Labute approximate surface area is 150 Å².